The predicted molar refractivity (Wildman–Crippen MR) is 41.8 cm³/mol. The van der Waals surface area contributed by atoms with E-state index in [-0.39, 0.29) is 0 Å². The Kier molecular flexibility index (Phi) is 2.25. The smallest absolute Gasteiger partial charge is 0.132 e. The van der Waals surface area contributed by atoms with Crippen LogP contribution in [0.25, 0.3) is 0 Å². The van der Waals surface area contributed by atoms with E-state index >= 15 is 0 Å². The molecule has 0 atom stereocenters. The highest BCUT2D eigenvalue weighted by Crippen LogP contribution is 2.26. The first-order valence-electron chi connectivity index (χ1n) is 3.87. The van der Waals surface area contributed by atoms with Crippen molar-refractivity contribution in [3.8, 4) is 0 Å². The van der Waals surface area contributed by atoms with Crippen molar-refractivity contribution in [2.45, 2.75) is 32.6 Å². The molecule has 0 aromatic carbocycles. The summed E-state index contributed by atoms with van der Waals surface area (Å²) >= 11 is 0. The molecule has 0 spiro atoms. The number of Topliss-reactive ketones (excluding diaryl/α,β-unsaturated/α-hetero) is 1. The standard InChI is InChI=1S/C9H14O/c1-7(2)8-3-5-9(10)6-4-8/h8H,1,3-6H2,2H3. The Morgan fingerprint density at radius 3 is 2.40 bits per heavy atom. The minimum absolute atomic E-state index is 0.428. The Morgan fingerprint density at radius 1 is 1.50 bits per heavy atom. The summed E-state index contributed by atoms with van der Waals surface area (Å²) < 4.78 is 0. The van der Waals surface area contributed by atoms with Crippen LogP contribution >= 0.6 is 0 Å². The van der Waals surface area contributed by atoms with Gasteiger partial charge in [0.1, 0.15) is 5.78 Å². The molecule has 0 saturated heterocycles. The van der Waals surface area contributed by atoms with Crippen LogP contribution < -0.4 is 0 Å². The number of allylic oxidation sites excluding steroid dienone is 1. The van der Waals surface area contributed by atoms with Crippen LogP contribution in [0.3, 0.4) is 0 Å². The molecule has 1 heteroatoms. The van der Waals surface area contributed by atoms with Gasteiger partial charge in [-0.25, -0.2) is 0 Å². The molecule has 1 aliphatic carbocycles. The highest BCUT2D eigenvalue weighted by atomic mass is 16.1. The van der Waals surface area contributed by atoms with E-state index in [0.717, 1.165) is 25.7 Å². The Hall–Kier alpha value is -0.590. The Bertz CT molecular complexity index is 148. The van der Waals surface area contributed by atoms with Gasteiger partial charge < -0.3 is 0 Å². The molecule has 10 heavy (non-hydrogen) atoms. The lowest BCUT2D eigenvalue weighted by atomic mass is 9.84. The quantitative estimate of drug-likeness (QED) is 0.508. The molecule has 0 N–H and O–H groups in total. The second-order valence-corrected chi connectivity index (χ2v) is 3.16. The highest BCUT2D eigenvalue weighted by Gasteiger charge is 2.18. The van der Waals surface area contributed by atoms with E-state index in [9.17, 15) is 4.79 Å². The molecule has 0 bridgehead atoms. The molecule has 1 rings (SSSR count). The zero-order chi connectivity index (χ0) is 7.56. The molecule has 0 aliphatic heterocycles. The van der Waals surface area contributed by atoms with Crippen LogP contribution in [0.2, 0.25) is 0 Å². The van der Waals surface area contributed by atoms with Gasteiger partial charge in [0.2, 0.25) is 0 Å². The third-order valence-corrected chi connectivity index (χ3v) is 2.24. The van der Waals surface area contributed by atoms with Crippen LogP contribution in [0.5, 0.6) is 0 Å². The van der Waals surface area contributed by atoms with Crippen molar-refractivity contribution in [2.75, 3.05) is 0 Å². The monoisotopic (exact) mass is 138 g/mol. The van der Waals surface area contributed by atoms with Crippen molar-refractivity contribution < 1.29 is 4.79 Å². The predicted octanol–water partition coefficient (Wildman–Crippen LogP) is 2.32. The summed E-state index contributed by atoms with van der Waals surface area (Å²) in [6.07, 6.45) is 3.62. The maximum absolute atomic E-state index is 10.8. The van der Waals surface area contributed by atoms with E-state index in [1.54, 1.807) is 0 Å². The number of hydrogen-bond acceptors (Lipinski definition) is 1. The van der Waals surface area contributed by atoms with Crippen molar-refractivity contribution >= 4 is 5.78 Å². The summed E-state index contributed by atoms with van der Waals surface area (Å²) in [5, 5.41) is 0. The summed E-state index contributed by atoms with van der Waals surface area (Å²) in [5.41, 5.74) is 1.24. The van der Waals surface area contributed by atoms with Gasteiger partial charge in [-0.3, -0.25) is 4.79 Å². The topological polar surface area (TPSA) is 17.1 Å². The Labute approximate surface area is 62.1 Å². The van der Waals surface area contributed by atoms with Gasteiger partial charge in [0.15, 0.2) is 0 Å². The maximum atomic E-state index is 10.8. The highest BCUT2D eigenvalue weighted by molar-refractivity contribution is 5.79. The summed E-state index contributed by atoms with van der Waals surface area (Å²) in [7, 11) is 0. The fourth-order valence-corrected chi connectivity index (χ4v) is 1.43. The van der Waals surface area contributed by atoms with Gasteiger partial charge in [0.05, 0.1) is 0 Å². The Balaban J connectivity index is 2.40. The first-order valence-corrected chi connectivity index (χ1v) is 3.87. The maximum Gasteiger partial charge on any atom is 0.132 e. The second kappa shape index (κ2) is 3.00. The van der Waals surface area contributed by atoms with Crippen LogP contribution in [-0.2, 0) is 4.79 Å². The van der Waals surface area contributed by atoms with E-state index in [1.807, 2.05) is 0 Å². The molecule has 56 valence electrons. The van der Waals surface area contributed by atoms with Gasteiger partial charge >= 0.3 is 0 Å². The van der Waals surface area contributed by atoms with E-state index < -0.39 is 0 Å². The third kappa shape index (κ3) is 1.69. The fourth-order valence-electron chi connectivity index (χ4n) is 1.43. The Morgan fingerprint density at radius 2 is 2.00 bits per heavy atom. The summed E-state index contributed by atoms with van der Waals surface area (Å²) in [6, 6.07) is 0. The van der Waals surface area contributed by atoms with E-state index in [0.29, 0.717) is 11.7 Å². The fraction of sp³-hybridized carbons (Fsp3) is 0.667. The number of carbonyl (C=O) groups is 1. The van der Waals surface area contributed by atoms with Gasteiger partial charge in [-0.2, -0.15) is 0 Å². The average molecular weight is 138 g/mol. The molecule has 0 aromatic rings. The van der Waals surface area contributed by atoms with Gasteiger partial charge in [0, 0.05) is 12.8 Å². The molecule has 1 saturated carbocycles. The van der Waals surface area contributed by atoms with Crippen LogP contribution in [-0.4, -0.2) is 5.78 Å². The molecule has 1 nitrogen and oxygen atoms in total. The molecule has 0 heterocycles. The van der Waals surface area contributed by atoms with Crippen molar-refractivity contribution in [3.05, 3.63) is 12.2 Å². The van der Waals surface area contributed by atoms with Gasteiger partial charge in [-0.05, 0) is 25.7 Å². The van der Waals surface area contributed by atoms with E-state index in [1.165, 1.54) is 5.57 Å². The van der Waals surface area contributed by atoms with Crippen LogP contribution in [0.15, 0.2) is 12.2 Å². The zero-order valence-electron chi connectivity index (χ0n) is 6.52. The minimum Gasteiger partial charge on any atom is -0.300 e. The lowest BCUT2D eigenvalue weighted by molar-refractivity contribution is -0.120. The zero-order valence-corrected chi connectivity index (χ0v) is 6.52. The largest absolute Gasteiger partial charge is 0.300 e. The lowest BCUT2D eigenvalue weighted by Crippen LogP contribution is -2.13. The summed E-state index contributed by atoms with van der Waals surface area (Å²) in [5.74, 6) is 1.05. The molecule has 1 aliphatic rings. The third-order valence-electron chi connectivity index (χ3n) is 2.24. The molecule has 0 radical (unpaired) electrons. The average Bonchev–Trinajstić information content (AvgIpc) is 1.88. The van der Waals surface area contributed by atoms with Crippen molar-refractivity contribution in [3.63, 3.8) is 0 Å². The molecule has 1 fully saturated rings. The molecule has 0 aromatic heterocycles. The van der Waals surface area contributed by atoms with Gasteiger partial charge in [-0.15, -0.1) is 0 Å². The second-order valence-electron chi connectivity index (χ2n) is 3.16. The molecular formula is C9H14O. The van der Waals surface area contributed by atoms with E-state index in [4.69, 9.17) is 0 Å². The normalized spacial score (nSPS) is 21.1. The SMILES string of the molecule is C=C(C)C1CCC(=O)CC1. The lowest BCUT2D eigenvalue weighted by Gasteiger charge is -2.20. The van der Waals surface area contributed by atoms with Crippen LogP contribution in [0.4, 0.5) is 0 Å². The number of hydrogen-bond donors (Lipinski definition) is 0. The van der Waals surface area contributed by atoms with Crippen molar-refractivity contribution in [1.82, 2.24) is 0 Å². The van der Waals surface area contributed by atoms with Crippen molar-refractivity contribution in [2.24, 2.45) is 5.92 Å². The van der Waals surface area contributed by atoms with Crippen LogP contribution in [0.1, 0.15) is 32.6 Å². The van der Waals surface area contributed by atoms with Gasteiger partial charge in [-0.1, -0.05) is 12.2 Å². The molecular weight excluding hydrogens is 124 g/mol. The minimum atomic E-state index is 0.428. The first-order chi connectivity index (χ1) is 4.70. The first kappa shape index (κ1) is 7.52. The van der Waals surface area contributed by atoms with E-state index in [2.05, 4.69) is 13.5 Å². The summed E-state index contributed by atoms with van der Waals surface area (Å²) in [4.78, 5) is 10.8. The van der Waals surface area contributed by atoms with Crippen LogP contribution in [0, 0.1) is 5.92 Å². The number of rotatable bonds is 1. The van der Waals surface area contributed by atoms with Crippen molar-refractivity contribution in [1.29, 1.82) is 0 Å². The molecule has 0 unspecified atom stereocenters. The number of ketones is 1. The van der Waals surface area contributed by atoms with Gasteiger partial charge in [0.25, 0.3) is 0 Å². The molecule has 0 amide bonds. The number of carbonyl (C=O) groups excluding carboxylic acids is 1. The summed E-state index contributed by atoms with van der Waals surface area (Å²) in [6.45, 7) is 5.95.